The van der Waals surface area contributed by atoms with Crippen molar-refractivity contribution in [1.29, 1.82) is 0 Å². The molecular weight excluding hydrogens is 255 g/mol. The van der Waals surface area contributed by atoms with E-state index < -0.39 is 12.8 Å². The van der Waals surface area contributed by atoms with Crippen LogP contribution in [0.25, 0.3) is 0 Å². The average Bonchev–Trinajstić information content (AvgIpc) is 2.34. The molecule has 0 aliphatic heterocycles. The summed E-state index contributed by atoms with van der Waals surface area (Å²) in [7, 11) is 0. The van der Waals surface area contributed by atoms with Crippen molar-refractivity contribution in [3.05, 3.63) is 0 Å². The second kappa shape index (κ2) is 6.93. The van der Waals surface area contributed by atoms with Crippen LogP contribution in [0.5, 0.6) is 0 Å². The summed E-state index contributed by atoms with van der Waals surface area (Å²) in [5.41, 5.74) is 5.85. The van der Waals surface area contributed by atoms with Crippen LogP contribution >= 0.6 is 0 Å². The van der Waals surface area contributed by atoms with Crippen molar-refractivity contribution >= 4 is 0 Å². The van der Waals surface area contributed by atoms with Gasteiger partial charge >= 0.3 is 6.18 Å². The first-order valence-electron chi connectivity index (χ1n) is 7.12. The molecule has 0 radical (unpaired) electrons. The lowest BCUT2D eigenvalue weighted by Gasteiger charge is -2.40. The predicted octanol–water partition coefficient (Wildman–Crippen LogP) is 3.75. The molecule has 19 heavy (non-hydrogen) atoms. The first-order valence-corrected chi connectivity index (χ1v) is 7.12. The van der Waals surface area contributed by atoms with E-state index in [0.717, 1.165) is 31.6 Å². The summed E-state index contributed by atoms with van der Waals surface area (Å²) in [6.07, 6.45) is 0.710. The zero-order chi connectivity index (χ0) is 14.5. The highest BCUT2D eigenvalue weighted by Crippen LogP contribution is 2.43. The first-order chi connectivity index (χ1) is 8.78. The van der Waals surface area contributed by atoms with E-state index in [4.69, 9.17) is 10.5 Å². The van der Waals surface area contributed by atoms with Gasteiger partial charge in [-0.05, 0) is 55.9 Å². The minimum absolute atomic E-state index is 0.00299. The van der Waals surface area contributed by atoms with E-state index in [9.17, 15) is 13.2 Å². The van der Waals surface area contributed by atoms with Crippen molar-refractivity contribution in [1.82, 2.24) is 0 Å². The Labute approximate surface area is 113 Å². The number of hydrogen-bond acceptors (Lipinski definition) is 2. The maximum Gasteiger partial charge on any atom is 0.411 e. The number of rotatable bonds is 6. The molecule has 1 aliphatic rings. The second-order valence-corrected chi connectivity index (χ2v) is 6.20. The summed E-state index contributed by atoms with van der Waals surface area (Å²) in [5, 5.41) is 0. The van der Waals surface area contributed by atoms with Crippen molar-refractivity contribution in [3.8, 4) is 0 Å². The van der Waals surface area contributed by atoms with E-state index in [2.05, 4.69) is 13.8 Å². The summed E-state index contributed by atoms with van der Waals surface area (Å²) in [6.45, 7) is 4.01. The van der Waals surface area contributed by atoms with E-state index in [1.54, 1.807) is 0 Å². The third-order valence-electron chi connectivity index (χ3n) is 4.51. The monoisotopic (exact) mass is 281 g/mol. The zero-order valence-electron chi connectivity index (χ0n) is 11.9. The van der Waals surface area contributed by atoms with Gasteiger partial charge in [0.25, 0.3) is 0 Å². The van der Waals surface area contributed by atoms with Crippen LogP contribution in [0.3, 0.4) is 0 Å². The van der Waals surface area contributed by atoms with Crippen LogP contribution < -0.4 is 5.73 Å². The third-order valence-corrected chi connectivity index (χ3v) is 4.51. The number of nitrogens with two attached hydrogens (primary N) is 1. The molecular formula is C14H26F3NO. The summed E-state index contributed by atoms with van der Waals surface area (Å²) < 4.78 is 40.7. The van der Waals surface area contributed by atoms with Gasteiger partial charge in [0, 0.05) is 6.61 Å². The summed E-state index contributed by atoms with van der Waals surface area (Å²) in [6, 6.07) is 0. The molecule has 0 saturated heterocycles. The molecule has 1 aliphatic carbocycles. The Morgan fingerprint density at radius 3 is 2.26 bits per heavy atom. The quantitative estimate of drug-likeness (QED) is 0.753. The Bertz CT molecular complexity index is 258. The van der Waals surface area contributed by atoms with Gasteiger partial charge in [-0.3, -0.25) is 0 Å². The lowest BCUT2D eigenvalue weighted by Crippen LogP contribution is -2.37. The van der Waals surface area contributed by atoms with E-state index in [1.807, 2.05) is 0 Å². The van der Waals surface area contributed by atoms with Crippen molar-refractivity contribution in [2.75, 3.05) is 19.8 Å². The minimum atomic E-state index is -4.23. The fourth-order valence-electron chi connectivity index (χ4n) is 2.95. The molecule has 2 N–H and O–H groups in total. The predicted molar refractivity (Wildman–Crippen MR) is 69.8 cm³/mol. The Morgan fingerprint density at radius 2 is 1.84 bits per heavy atom. The normalized spacial score (nSPS) is 28.9. The Kier molecular flexibility index (Phi) is 6.12. The molecule has 114 valence electrons. The van der Waals surface area contributed by atoms with Crippen molar-refractivity contribution in [3.63, 3.8) is 0 Å². The third kappa shape index (κ3) is 5.69. The van der Waals surface area contributed by atoms with Gasteiger partial charge in [0.1, 0.15) is 6.61 Å². The molecule has 0 unspecified atom stereocenters. The lowest BCUT2D eigenvalue weighted by atomic mass is 9.66. The Hall–Kier alpha value is -0.290. The molecule has 0 spiro atoms. The summed E-state index contributed by atoms with van der Waals surface area (Å²) in [4.78, 5) is 0. The molecule has 0 amide bonds. The van der Waals surface area contributed by atoms with E-state index in [0.29, 0.717) is 18.9 Å². The zero-order valence-corrected chi connectivity index (χ0v) is 11.9. The van der Waals surface area contributed by atoms with Crippen LogP contribution in [0.15, 0.2) is 0 Å². The number of halogens is 3. The first kappa shape index (κ1) is 16.8. The largest absolute Gasteiger partial charge is 0.411 e. The van der Waals surface area contributed by atoms with Crippen LogP contribution in [-0.2, 0) is 4.74 Å². The molecule has 0 bridgehead atoms. The number of ether oxygens (including phenoxy) is 1. The fraction of sp³-hybridized carbons (Fsp3) is 1.00. The second-order valence-electron chi connectivity index (χ2n) is 6.20. The van der Waals surface area contributed by atoms with Crippen molar-refractivity contribution in [2.45, 2.75) is 52.1 Å². The maximum atomic E-state index is 12.0. The smallest absolute Gasteiger partial charge is 0.372 e. The van der Waals surface area contributed by atoms with Gasteiger partial charge in [-0.15, -0.1) is 0 Å². The molecule has 0 atom stereocenters. The van der Waals surface area contributed by atoms with Crippen molar-refractivity contribution in [2.24, 2.45) is 23.0 Å². The van der Waals surface area contributed by atoms with Crippen LogP contribution in [0, 0.1) is 17.3 Å². The summed E-state index contributed by atoms with van der Waals surface area (Å²) in [5.74, 6) is 1.41. The van der Waals surface area contributed by atoms with Gasteiger partial charge in [-0.1, -0.05) is 13.8 Å². The minimum Gasteiger partial charge on any atom is -0.372 e. The van der Waals surface area contributed by atoms with Gasteiger partial charge in [0.2, 0.25) is 0 Å². The highest BCUT2D eigenvalue weighted by Gasteiger charge is 2.35. The maximum absolute atomic E-state index is 12.0. The van der Waals surface area contributed by atoms with Gasteiger partial charge in [0.15, 0.2) is 0 Å². The Morgan fingerprint density at radius 1 is 1.26 bits per heavy atom. The van der Waals surface area contributed by atoms with Crippen LogP contribution in [0.2, 0.25) is 0 Å². The van der Waals surface area contributed by atoms with Gasteiger partial charge in [-0.25, -0.2) is 0 Å². The number of alkyl halides is 3. The lowest BCUT2D eigenvalue weighted by molar-refractivity contribution is -0.175. The molecule has 1 rings (SSSR count). The topological polar surface area (TPSA) is 35.2 Å². The van der Waals surface area contributed by atoms with E-state index in [1.165, 1.54) is 0 Å². The van der Waals surface area contributed by atoms with E-state index >= 15 is 0 Å². The van der Waals surface area contributed by atoms with Crippen molar-refractivity contribution < 1.29 is 17.9 Å². The van der Waals surface area contributed by atoms with Gasteiger partial charge < -0.3 is 10.5 Å². The van der Waals surface area contributed by atoms with Crippen LogP contribution in [0.1, 0.15) is 46.0 Å². The Balaban J connectivity index is 2.33. The molecule has 0 aromatic heterocycles. The molecule has 0 aromatic rings. The van der Waals surface area contributed by atoms with Gasteiger partial charge in [0.05, 0.1) is 0 Å². The molecule has 0 aromatic carbocycles. The molecule has 2 nitrogen and oxygen atoms in total. The molecule has 5 heteroatoms. The molecule has 0 heterocycles. The number of hydrogen-bond donors (Lipinski definition) is 1. The van der Waals surface area contributed by atoms with Gasteiger partial charge in [-0.2, -0.15) is 13.2 Å². The van der Waals surface area contributed by atoms with Crippen LogP contribution in [-0.4, -0.2) is 25.9 Å². The highest BCUT2D eigenvalue weighted by molar-refractivity contribution is 4.87. The average molecular weight is 281 g/mol. The highest BCUT2D eigenvalue weighted by atomic mass is 19.4. The SMILES string of the molecule is CC(C)C1CCC(CN)(CCOCC(F)(F)F)CC1. The molecule has 1 saturated carbocycles. The summed E-state index contributed by atoms with van der Waals surface area (Å²) >= 11 is 0. The van der Waals surface area contributed by atoms with Crippen LogP contribution in [0.4, 0.5) is 13.2 Å². The molecule has 1 fully saturated rings. The standard InChI is InChI=1S/C14H26F3NO/c1-11(2)12-3-5-13(9-18,6-4-12)7-8-19-10-14(15,16)17/h11-12H,3-10,18H2,1-2H3. The fourth-order valence-corrected chi connectivity index (χ4v) is 2.95. The van der Waals surface area contributed by atoms with E-state index in [-0.39, 0.29) is 12.0 Å².